The van der Waals surface area contributed by atoms with Crippen molar-refractivity contribution in [2.45, 2.75) is 93.6 Å². The van der Waals surface area contributed by atoms with E-state index in [9.17, 15) is 0 Å². The summed E-state index contributed by atoms with van der Waals surface area (Å²) in [7, 11) is -0.901. The molecule has 0 saturated heterocycles. The summed E-state index contributed by atoms with van der Waals surface area (Å²) in [4.78, 5) is 6.45. The SMILES string of the molecule is CC(C)(C)S(C)(C)c1ccc2c(-c3cc(C4CCCC4)cc(C4CCCC4)c3)nccc2c1. The fraction of sp³-hybridized carbons (Fsp3) is 0.516. The molecule has 3 aromatic rings. The van der Waals surface area contributed by atoms with Gasteiger partial charge in [-0.2, -0.15) is 0 Å². The Hall–Kier alpha value is -1.80. The number of aromatic nitrogens is 1. The maximum absolute atomic E-state index is 4.96. The lowest BCUT2D eigenvalue weighted by atomic mass is 9.87. The van der Waals surface area contributed by atoms with Gasteiger partial charge in [0.2, 0.25) is 0 Å². The van der Waals surface area contributed by atoms with Crippen molar-refractivity contribution in [2.24, 2.45) is 0 Å². The van der Waals surface area contributed by atoms with E-state index in [4.69, 9.17) is 4.98 Å². The first-order valence-electron chi connectivity index (χ1n) is 13.0. The van der Waals surface area contributed by atoms with Gasteiger partial charge < -0.3 is 0 Å². The molecule has 0 unspecified atom stereocenters. The van der Waals surface area contributed by atoms with Crippen LogP contribution in [0.25, 0.3) is 22.0 Å². The van der Waals surface area contributed by atoms with Crippen molar-refractivity contribution < 1.29 is 0 Å². The predicted molar refractivity (Wildman–Crippen MR) is 147 cm³/mol. The Balaban J connectivity index is 1.62. The molecule has 2 aliphatic carbocycles. The van der Waals surface area contributed by atoms with Crippen LogP contribution in [0.5, 0.6) is 0 Å². The van der Waals surface area contributed by atoms with Crippen molar-refractivity contribution in [1.29, 1.82) is 0 Å². The van der Waals surface area contributed by atoms with Crippen LogP contribution in [0.3, 0.4) is 0 Å². The fourth-order valence-electron chi connectivity index (χ4n) is 5.86. The van der Waals surface area contributed by atoms with Gasteiger partial charge in [0, 0.05) is 17.1 Å². The van der Waals surface area contributed by atoms with Crippen LogP contribution >= 0.6 is 10.0 Å². The molecule has 2 saturated carbocycles. The lowest BCUT2D eigenvalue weighted by Gasteiger charge is -2.45. The minimum atomic E-state index is -0.901. The van der Waals surface area contributed by atoms with Crippen molar-refractivity contribution in [3.63, 3.8) is 0 Å². The summed E-state index contributed by atoms with van der Waals surface area (Å²) >= 11 is 0. The number of benzene rings is 2. The van der Waals surface area contributed by atoms with Crippen LogP contribution in [0.1, 0.15) is 95.1 Å². The van der Waals surface area contributed by atoms with E-state index in [1.165, 1.54) is 78.3 Å². The Morgan fingerprint density at radius 3 is 1.88 bits per heavy atom. The van der Waals surface area contributed by atoms with Crippen molar-refractivity contribution in [1.82, 2.24) is 4.98 Å². The molecule has 0 aliphatic heterocycles. The molecule has 1 heterocycles. The van der Waals surface area contributed by atoms with Gasteiger partial charge in [-0.15, -0.1) is 0 Å². The van der Waals surface area contributed by atoms with Gasteiger partial charge in [0.15, 0.2) is 0 Å². The maximum Gasteiger partial charge on any atom is 0.0780 e. The number of hydrogen-bond donors (Lipinski definition) is 0. The van der Waals surface area contributed by atoms with Gasteiger partial charge in [-0.1, -0.05) is 58.6 Å². The predicted octanol–water partition coefficient (Wildman–Crippen LogP) is 9.44. The molecule has 2 aromatic carbocycles. The maximum atomic E-state index is 4.96. The third-order valence-corrected chi connectivity index (χ3v) is 13.3. The topological polar surface area (TPSA) is 12.9 Å². The lowest BCUT2D eigenvalue weighted by Crippen LogP contribution is -2.23. The van der Waals surface area contributed by atoms with Crippen LogP contribution in [0.2, 0.25) is 0 Å². The molecular weight excluding hydrogens is 418 g/mol. The Morgan fingerprint density at radius 2 is 1.33 bits per heavy atom. The summed E-state index contributed by atoms with van der Waals surface area (Å²) in [6.45, 7) is 7.14. The minimum absolute atomic E-state index is 0.280. The molecule has 0 atom stereocenters. The zero-order chi connectivity index (χ0) is 23.2. The van der Waals surface area contributed by atoms with Gasteiger partial charge in [-0.25, -0.2) is 10.0 Å². The molecule has 1 nitrogen and oxygen atoms in total. The summed E-state index contributed by atoms with van der Waals surface area (Å²) < 4.78 is 0.280. The van der Waals surface area contributed by atoms with Crippen molar-refractivity contribution in [3.05, 3.63) is 59.8 Å². The zero-order valence-corrected chi connectivity index (χ0v) is 22.1. The molecule has 33 heavy (non-hydrogen) atoms. The molecule has 176 valence electrons. The molecule has 1 aromatic heterocycles. The average molecular weight is 460 g/mol. The monoisotopic (exact) mass is 459 g/mol. The summed E-state index contributed by atoms with van der Waals surface area (Å²) in [6.07, 6.45) is 17.9. The second-order valence-corrected chi connectivity index (χ2v) is 16.2. The molecule has 0 N–H and O–H groups in total. The quantitative estimate of drug-likeness (QED) is 0.378. The molecule has 5 rings (SSSR count). The summed E-state index contributed by atoms with van der Waals surface area (Å²) in [6, 6.07) is 16.9. The second-order valence-electron chi connectivity index (χ2n) is 11.8. The Kier molecular flexibility index (Phi) is 6.10. The Morgan fingerprint density at radius 1 is 0.758 bits per heavy atom. The fourth-order valence-corrected chi connectivity index (χ4v) is 7.40. The summed E-state index contributed by atoms with van der Waals surface area (Å²) in [5.41, 5.74) is 5.64. The van der Waals surface area contributed by atoms with Gasteiger partial charge in [-0.05, 0) is 107 Å². The minimum Gasteiger partial charge on any atom is -0.256 e. The van der Waals surface area contributed by atoms with Gasteiger partial charge in [-0.3, -0.25) is 4.98 Å². The standard InChI is InChI=1S/C31H41NS/c1-31(2,3)33(4,5)28-14-15-29-24(21-28)16-17-32-30(29)27-19-25(22-10-6-7-11-22)18-26(20-27)23-12-8-9-13-23/h14-23H,6-13H2,1-5H3. The molecule has 2 heteroatoms. The number of nitrogens with zero attached hydrogens (tertiary/aromatic N) is 1. The van der Waals surface area contributed by atoms with Crippen LogP contribution in [0.15, 0.2) is 53.6 Å². The highest BCUT2D eigenvalue weighted by atomic mass is 32.3. The van der Waals surface area contributed by atoms with Crippen LogP contribution in [-0.4, -0.2) is 22.2 Å². The van der Waals surface area contributed by atoms with E-state index >= 15 is 0 Å². The third-order valence-electron chi connectivity index (χ3n) is 8.76. The number of pyridine rings is 1. The highest BCUT2D eigenvalue weighted by Crippen LogP contribution is 2.59. The summed E-state index contributed by atoms with van der Waals surface area (Å²) in [5.74, 6) is 1.48. The average Bonchev–Trinajstić information content (AvgIpc) is 3.52. The third kappa shape index (κ3) is 4.36. The first-order valence-corrected chi connectivity index (χ1v) is 15.5. The first-order chi connectivity index (χ1) is 15.7. The van der Waals surface area contributed by atoms with Crippen LogP contribution in [-0.2, 0) is 0 Å². The highest BCUT2D eigenvalue weighted by molar-refractivity contribution is 8.33. The largest absolute Gasteiger partial charge is 0.256 e. The van der Waals surface area contributed by atoms with Crippen LogP contribution in [0.4, 0.5) is 0 Å². The van der Waals surface area contributed by atoms with Gasteiger partial charge in [0.05, 0.1) is 5.69 Å². The van der Waals surface area contributed by atoms with Gasteiger partial charge >= 0.3 is 0 Å². The molecule has 2 aliphatic rings. The number of rotatable bonds is 4. The Labute approximate surface area is 202 Å². The van der Waals surface area contributed by atoms with Crippen molar-refractivity contribution in [2.75, 3.05) is 12.5 Å². The normalized spacial score (nSPS) is 18.9. The number of hydrogen-bond acceptors (Lipinski definition) is 1. The van der Waals surface area contributed by atoms with E-state index in [1.54, 1.807) is 11.1 Å². The van der Waals surface area contributed by atoms with E-state index in [-0.39, 0.29) is 4.75 Å². The zero-order valence-electron chi connectivity index (χ0n) is 21.3. The first kappa shape index (κ1) is 23.0. The lowest BCUT2D eigenvalue weighted by molar-refractivity contribution is 0.701. The van der Waals surface area contributed by atoms with Crippen molar-refractivity contribution >= 4 is 20.8 Å². The van der Waals surface area contributed by atoms with E-state index in [0.29, 0.717) is 0 Å². The van der Waals surface area contributed by atoms with E-state index in [2.05, 4.69) is 75.7 Å². The van der Waals surface area contributed by atoms with Crippen LogP contribution in [0, 0.1) is 0 Å². The van der Waals surface area contributed by atoms with Gasteiger partial charge in [0.1, 0.15) is 0 Å². The summed E-state index contributed by atoms with van der Waals surface area (Å²) in [5, 5.41) is 2.63. The van der Waals surface area contributed by atoms with E-state index < -0.39 is 10.0 Å². The molecule has 2 fully saturated rings. The van der Waals surface area contributed by atoms with E-state index in [1.807, 2.05) is 6.20 Å². The molecule has 0 amide bonds. The molecule has 0 bridgehead atoms. The second kappa shape index (κ2) is 8.77. The highest BCUT2D eigenvalue weighted by Gasteiger charge is 2.30. The molecule has 0 spiro atoms. The van der Waals surface area contributed by atoms with Gasteiger partial charge in [0.25, 0.3) is 0 Å². The number of fused-ring (bicyclic) bond motifs is 1. The van der Waals surface area contributed by atoms with Crippen molar-refractivity contribution in [3.8, 4) is 11.3 Å². The molecular formula is C31H41NS. The smallest absolute Gasteiger partial charge is 0.0780 e. The van der Waals surface area contributed by atoms with Crippen LogP contribution < -0.4 is 0 Å². The van der Waals surface area contributed by atoms with E-state index in [0.717, 1.165) is 11.8 Å². The molecule has 0 radical (unpaired) electrons. The Bertz CT molecular complexity index is 1110.